The number of nitrogens with zero attached hydrogens (tertiary/aromatic N) is 5. The molecule has 0 unspecified atom stereocenters. The molecule has 4 N–H and O–H groups in total. The van der Waals surface area contributed by atoms with E-state index in [-0.39, 0.29) is 23.0 Å². The summed E-state index contributed by atoms with van der Waals surface area (Å²) in [6.45, 7) is 5.75. The molecule has 2 aromatic carbocycles. The number of fused-ring (bicyclic) bond motifs is 2. The van der Waals surface area contributed by atoms with E-state index in [2.05, 4.69) is 49.4 Å². The Morgan fingerprint density at radius 3 is 2.57 bits per heavy atom. The zero-order valence-corrected chi connectivity index (χ0v) is 24.4. The predicted molar refractivity (Wildman–Crippen MR) is 165 cm³/mol. The van der Waals surface area contributed by atoms with Gasteiger partial charge in [-0.1, -0.05) is 6.07 Å². The number of nitrogens with two attached hydrogens (primary N) is 1. The van der Waals surface area contributed by atoms with Gasteiger partial charge in [-0.25, -0.2) is 18.4 Å². The van der Waals surface area contributed by atoms with Crippen molar-refractivity contribution in [2.24, 2.45) is 0 Å². The maximum Gasteiger partial charge on any atom is 0.219 e. The van der Waals surface area contributed by atoms with E-state index in [9.17, 15) is 13.6 Å². The number of para-hydroxylation sites is 1. The minimum atomic E-state index is -0.837. The first kappa shape index (κ1) is 27.8. The van der Waals surface area contributed by atoms with Gasteiger partial charge in [0.05, 0.1) is 40.7 Å². The third-order valence-electron chi connectivity index (χ3n) is 8.55. The highest BCUT2D eigenvalue weighted by Gasteiger charge is 2.28. The first-order valence-electron chi connectivity index (χ1n) is 14.6. The summed E-state index contributed by atoms with van der Waals surface area (Å²) >= 11 is 0. The number of halogens is 2. The fourth-order valence-electron chi connectivity index (χ4n) is 6.14. The number of hydrogen-bond donors (Lipinski definition) is 3. The lowest BCUT2D eigenvalue weighted by Gasteiger charge is -2.42. The Morgan fingerprint density at radius 2 is 1.82 bits per heavy atom. The van der Waals surface area contributed by atoms with Crippen molar-refractivity contribution in [2.45, 2.75) is 25.8 Å². The Labute approximate surface area is 252 Å². The van der Waals surface area contributed by atoms with Crippen LogP contribution in [0.2, 0.25) is 0 Å². The van der Waals surface area contributed by atoms with E-state index >= 15 is 0 Å². The third-order valence-corrected chi connectivity index (χ3v) is 8.55. The van der Waals surface area contributed by atoms with E-state index in [0.29, 0.717) is 23.0 Å². The van der Waals surface area contributed by atoms with Crippen LogP contribution in [0.5, 0.6) is 11.6 Å². The molecular formula is C32H32F2N8O2. The number of ether oxygens (including phenoxy) is 1. The average Bonchev–Trinajstić information content (AvgIpc) is 3.61. The van der Waals surface area contributed by atoms with E-state index in [0.717, 1.165) is 73.4 Å². The van der Waals surface area contributed by atoms with Crippen molar-refractivity contribution in [1.82, 2.24) is 24.6 Å². The van der Waals surface area contributed by atoms with Crippen LogP contribution in [0.25, 0.3) is 16.6 Å². The van der Waals surface area contributed by atoms with Crippen LogP contribution in [0.3, 0.4) is 0 Å². The number of nitrogens with one attached hydrogen (secondary N) is 2. The van der Waals surface area contributed by atoms with Crippen LogP contribution in [0.4, 0.5) is 26.0 Å². The highest BCUT2D eigenvalue weighted by molar-refractivity contribution is 6.13. The number of aromatic nitrogens is 4. The normalized spacial score (nSPS) is 15.8. The molecule has 44 heavy (non-hydrogen) atoms. The van der Waals surface area contributed by atoms with Gasteiger partial charge in [0.25, 0.3) is 0 Å². The number of aryl methyl sites for hydroxylation is 1. The summed E-state index contributed by atoms with van der Waals surface area (Å²) in [6.07, 6.45) is 5.11. The van der Waals surface area contributed by atoms with E-state index < -0.39 is 17.4 Å². The van der Waals surface area contributed by atoms with E-state index in [1.165, 1.54) is 29.2 Å². The molecule has 10 nitrogen and oxygen atoms in total. The predicted octanol–water partition coefficient (Wildman–Crippen LogP) is 5.27. The lowest BCUT2D eigenvalue weighted by Crippen LogP contribution is -2.47. The second-order valence-corrected chi connectivity index (χ2v) is 11.4. The number of H-pyrrole nitrogens is 1. The first-order valence-corrected chi connectivity index (χ1v) is 14.6. The van der Waals surface area contributed by atoms with Crippen molar-refractivity contribution in [3.05, 3.63) is 83.3 Å². The number of ketones is 1. The maximum atomic E-state index is 14.0. The van der Waals surface area contributed by atoms with Gasteiger partial charge >= 0.3 is 0 Å². The largest absolute Gasteiger partial charge is 0.433 e. The number of rotatable bonds is 6. The van der Waals surface area contributed by atoms with Gasteiger partial charge in [-0.2, -0.15) is 5.10 Å². The van der Waals surface area contributed by atoms with Crippen molar-refractivity contribution in [2.75, 3.05) is 49.2 Å². The van der Waals surface area contributed by atoms with Crippen LogP contribution in [0.1, 0.15) is 34.5 Å². The molecule has 5 heterocycles. The number of carbonyl (C=O) groups excluding carboxylic acids is 1. The molecule has 0 atom stereocenters. The van der Waals surface area contributed by atoms with Crippen LogP contribution in [-0.4, -0.2) is 69.7 Å². The summed E-state index contributed by atoms with van der Waals surface area (Å²) in [5.74, 6) is -2.36. The van der Waals surface area contributed by atoms with Crippen molar-refractivity contribution in [3.63, 3.8) is 0 Å². The maximum absolute atomic E-state index is 14.0. The Balaban J connectivity index is 1.14. The van der Waals surface area contributed by atoms with Gasteiger partial charge in [-0.05, 0) is 75.8 Å². The van der Waals surface area contributed by atoms with Crippen molar-refractivity contribution in [3.8, 4) is 17.3 Å². The van der Waals surface area contributed by atoms with Gasteiger partial charge in [0.15, 0.2) is 11.6 Å². The van der Waals surface area contributed by atoms with Crippen molar-refractivity contribution < 1.29 is 18.3 Å². The van der Waals surface area contributed by atoms with Gasteiger partial charge in [0, 0.05) is 36.1 Å². The number of nitrogen functional groups attached to an aromatic ring is 1. The van der Waals surface area contributed by atoms with Gasteiger partial charge in [0.2, 0.25) is 17.4 Å². The van der Waals surface area contributed by atoms with Crippen LogP contribution in [0.15, 0.2) is 54.9 Å². The van der Waals surface area contributed by atoms with Gasteiger partial charge < -0.3 is 30.6 Å². The topological polar surface area (TPSA) is 117 Å². The standard InChI is InChI=1S/C32H32F2N8O2/c1-18-12-29(44-31-22(33)4-3-5-23(31)34)37-17-28(18)42-32(35)21(16-38-42)30(43)26-13-19-14-27-25(15-24(19)39-26)36-8-11-41(27)20-6-9-40(2)10-7-20/h3-5,12-17,20,36,39H,6-11,35H2,1-2H3. The molecule has 1 fully saturated rings. The molecule has 3 aromatic heterocycles. The number of likely N-dealkylation sites (tertiary alicyclic amines) is 1. The Morgan fingerprint density at radius 1 is 1.05 bits per heavy atom. The Kier molecular flexibility index (Phi) is 6.92. The number of pyridine rings is 1. The van der Waals surface area contributed by atoms with E-state index in [1.54, 1.807) is 6.92 Å². The second-order valence-electron chi connectivity index (χ2n) is 11.4. The number of aromatic amines is 1. The molecule has 0 amide bonds. The van der Waals surface area contributed by atoms with E-state index in [4.69, 9.17) is 10.5 Å². The molecule has 2 aliphatic heterocycles. The minimum absolute atomic E-state index is 0.00179. The zero-order chi connectivity index (χ0) is 30.5. The fourth-order valence-corrected chi connectivity index (χ4v) is 6.14. The van der Waals surface area contributed by atoms with E-state index in [1.807, 2.05) is 6.07 Å². The number of hydrogen-bond acceptors (Lipinski definition) is 8. The molecule has 0 spiro atoms. The molecule has 12 heteroatoms. The summed E-state index contributed by atoms with van der Waals surface area (Å²) in [6, 6.07) is 11.6. The molecule has 0 aliphatic carbocycles. The fraction of sp³-hybridized carbons (Fsp3) is 0.281. The van der Waals surface area contributed by atoms with Crippen LogP contribution in [-0.2, 0) is 0 Å². The summed E-state index contributed by atoms with van der Waals surface area (Å²) in [4.78, 5) is 26.0. The Hall–Kier alpha value is -4.97. The number of anilines is 3. The van der Waals surface area contributed by atoms with Crippen molar-refractivity contribution >= 4 is 33.9 Å². The van der Waals surface area contributed by atoms with Gasteiger partial charge in [-0.3, -0.25) is 4.79 Å². The first-order chi connectivity index (χ1) is 21.3. The number of piperidine rings is 1. The number of benzene rings is 2. The highest BCUT2D eigenvalue weighted by atomic mass is 19.1. The zero-order valence-electron chi connectivity index (χ0n) is 24.4. The summed E-state index contributed by atoms with van der Waals surface area (Å²) < 4.78 is 34.9. The molecule has 0 bridgehead atoms. The second kappa shape index (κ2) is 10.9. The number of carbonyl (C=O) groups is 1. The quantitative estimate of drug-likeness (QED) is 0.227. The minimum Gasteiger partial charge on any atom is -0.433 e. The molecule has 226 valence electrons. The molecule has 0 saturated carbocycles. The summed E-state index contributed by atoms with van der Waals surface area (Å²) in [5, 5.41) is 8.82. The molecule has 0 radical (unpaired) electrons. The molecule has 7 rings (SSSR count). The van der Waals surface area contributed by atoms with Crippen LogP contribution >= 0.6 is 0 Å². The van der Waals surface area contributed by atoms with Crippen LogP contribution < -0.4 is 20.7 Å². The Bertz CT molecular complexity index is 1870. The third kappa shape index (κ3) is 4.90. The monoisotopic (exact) mass is 598 g/mol. The van der Waals surface area contributed by atoms with Gasteiger partial charge in [0.1, 0.15) is 5.82 Å². The van der Waals surface area contributed by atoms with Gasteiger partial charge in [-0.15, -0.1) is 0 Å². The average molecular weight is 599 g/mol. The molecular weight excluding hydrogens is 566 g/mol. The molecule has 2 aliphatic rings. The van der Waals surface area contributed by atoms with Crippen LogP contribution in [0, 0.1) is 18.6 Å². The SMILES string of the molecule is Cc1cc(Oc2c(F)cccc2F)ncc1-n1ncc(C(=O)c2cc3cc4c(cc3[nH]2)NCCN4C2CCN(C)CC2)c1N. The molecule has 1 saturated heterocycles. The highest BCUT2D eigenvalue weighted by Crippen LogP contribution is 2.37. The molecule has 5 aromatic rings. The lowest BCUT2D eigenvalue weighted by molar-refractivity contribution is 0.103. The smallest absolute Gasteiger partial charge is 0.219 e. The van der Waals surface area contributed by atoms with Crippen molar-refractivity contribution in [1.29, 1.82) is 0 Å². The lowest BCUT2D eigenvalue weighted by atomic mass is 10.0. The summed E-state index contributed by atoms with van der Waals surface area (Å²) in [5.41, 5.74) is 11.3. The summed E-state index contributed by atoms with van der Waals surface area (Å²) in [7, 11) is 2.17.